The second kappa shape index (κ2) is 6.89. The van der Waals surface area contributed by atoms with Crippen LogP contribution in [0.25, 0.3) is 16.5 Å². The molecule has 0 aliphatic heterocycles. The van der Waals surface area contributed by atoms with E-state index in [2.05, 4.69) is 0 Å². The maximum absolute atomic E-state index is 13.5. The Morgan fingerprint density at radius 3 is 2.07 bits per heavy atom. The summed E-state index contributed by atoms with van der Waals surface area (Å²) in [5.41, 5.74) is 3.19. The molecule has 0 bridgehead atoms. The second-order valence-corrected chi connectivity index (χ2v) is 8.03. The molecule has 0 aliphatic rings. The van der Waals surface area contributed by atoms with Crippen LogP contribution in [-0.2, 0) is 10.0 Å². The first-order chi connectivity index (χ1) is 13.1. The Bertz CT molecular complexity index is 1220. The number of hydrogen-bond acceptors (Lipinski definition) is 2. The van der Waals surface area contributed by atoms with E-state index in [-0.39, 0.29) is 4.90 Å². The zero-order valence-electron chi connectivity index (χ0n) is 14.9. The largest absolute Gasteiger partial charge is 0.268 e. The van der Waals surface area contributed by atoms with Crippen LogP contribution in [0.3, 0.4) is 0 Å². The summed E-state index contributed by atoms with van der Waals surface area (Å²) in [6.07, 6.45) is 1.96. The smallest absolute Gasteiger partial charge is 0.233 e. The molecule has 0 aliphatic carbocycles. The molecule has 0 spiro atoms. The topological polar surface area (TPSA) is 39.1 Å². The minimum atomic E-state index is -3.74. The number of fused-ring (bicyclic) bond motifs is 1. The van der Waals surface area contributed by atoms with E-state index in [1.807, 2.05) is 79.7 Å². The zero-order valence-corrected chi connectivity index (χ0v) is 15.7. The molecule has 4 rings (SSSR count). The third-order valence-electron chi connectivity index (χ3n) is 4.60. The highest BCUT2D eigenvalue weighted by molar-refractivity contribution is 7.90. The van der Waals surface area contributed by atoms with Crippen LogP contribution >= 0.6 is 0 Å². The van der Waals surface area contributed by atoms with Gasteiger partial charge in [-0.15, -0.1) is 0 Å². The Hall–Kier alpha value is -3.11. The number of para-hydroxylation sites is 1. The van der Waals surface area contributed by atoms with Crippen molar-refractivity contribution in [2.75, 3.05) is 0 Å². The van der Waals surface area contributed by atoms with E-state index < -0.39 is 10.0 Å². The molecular formula is C23H19NO2S. The summed E-state index contributed by atoms with van der Waals surface area (Å²) < 4.78 is 28.5. The lowest BCUT2D eigenvalue weighted by Crippen LogP contribution is -2.15. The van der Waals surface area contributed by atoms with Gasteiger partial charge >= 0.3 is 0 Å². The zero-order chi connectivity index (χ0) is 18.9. The molecule has 27 heavy (non-hydrogen) atoms. The monoisotopic (exact) mass is 373 g/mol. The number of allylic oxidation sites excluding steroid dienone is 1. The van der Waals surface area contributed by atoms with E-state index >= 15 is 0 Å². The quantitative estimate of drug-likeness (QED) is 0.485. The van der Waals surface area contributed by atoms with Crippen molar-refractivity contribution in [1.82, 2.24) is 3.97 Å². The first kappa shape index (κ1) is 17.3. The predicted octanol–water partition coefficient (Wildman–Crippen LogP) is 5.33. The SMILES string of the molecule is C/C=C(/c1ccccc1)c1cc2ccccc2n1S(=O)(=O)c1ccccc1. The summed E-state index contributed by atoms with van der Waals surface area (Å²) in [6.45, 7) is 1.93. The first-order valence-electron chi connectivity index (χ1n) is 8.76. The van der Waals surface area contributed by atoms with Crippen LogP contribution < -0.4 is 0 Å². The fourth-order valence-electron chi connectivity index (χ4n) is 3.35. The highest BCUT2D eigenvalue weighted by Gasteiger charge is 2.24. The van der Waals surface area contributed by atoms with Crippen LogP contribution in [-0.4, -0.2) is 12.4 Å². The van der Waals surface area contributed by atoms with Gasteiger partial charge in [0, 0.05) is 11.0 Å². The van der Waals surface area contributed by atoms with E-state index in [4.69, 9.17) is 0 Å². The first-order valence-corrected chi connectivity index (χ1v) is 10.2. The number of benzene rings is 3. The van der Waals surface area contributed by atoms with Crippen molar-refractivity contribution in [3.8, 4) is 0 Å². The molecular weight excluding hydrogens is 354 g/mol. The molecule has 3 nitrogen and oxygen atoms in total. The van der Waals surface area contributed by atoms with Crippen molar-refractivity contribution in [2.45, 2.75) is 11.8 Å². The molecule has 4 heteroatoms. The number of hydrogen-bond donors (Lipinski definition) is 0. The van der Waals surface area contributed by atoms with Gasteiger partial charge in [0.05, 0.1) is 16.1 Å². The Kier molecular flexibility index (Phi) is 4.42. The van der Waals surface area contributed by atoms with Crippen LogP contribution in [0.5, 0.6) is 0 Å². The minimum absolute atomic E-state index is 0.274. The van der Waals surface area contributed by atoms with E-state index in [9.17, 15) is 8.42 Å². The lowest BCUT2D eigenvalue weighted by Gasteiger charge is -2.14. The average Bonchev–Trinajstić information content (AvgIpc) is 3.10. The summed E-state index contributed by atoms with van der Waals surface area (Å²) in [6, 6.07) is 27.9. The lowest BCUT2D eigenvalue weighted by molar-refractivity contribution is 0.588. The summed E-state index contributed by atoms with van der Waals surface area (Å²) in [7, 11) is -3.74. The molecule has 0 unspecified atom stereocenters. The Labute approximate surface area is 159 Å². The molecule has 1 aromatic heterocycles. The number of nitrogens with zero attached hydrogens (tertiary/aromatic N) is 1. The van der Waals surface area contributed by atoms with Crippen molar-refractivity contribution in [3.05, 3.63) is 108 Å². The molecule has 0 fully saturated rings. The van der Waals surface area contributed by atoms with Crippen molar-refractivity contribution < 1.29 is 8.42 Å². The molecule has 0 saturated carbocycles. The van der Waals surface area contributed by atoms with Crippen LogP contribution in [0, 0.1) is 0 Å². The molecule has 0 atom stereocenters. The third kappa shape index (κ3) is 2.98. The van der Waals surface area contributed by atoms with Gasteiger partial charge in [-0.25, -0.2) is 12.4 Å². The van der Waals surface area contributed by atoms with E-state index in [0.717, 1.165) is 16.5 Å². The van der Waals surface area contributed by atoms with Gasteiger partial charge in [-0.3, -0.25) is 0 Å². The molecule has 4 aromatic rings. The van der Waals surface area contributed by atoms with Crippen molar-refractivity contribution in [1.29, 1.82) is 0 Å². The summed E-state index contributed by atoms with van der Waals surface area (Å²) in [5.74, 6) is 0. The van der Waals surface area contributed by atoms with E-state index in [0.29, 0.717) is 11.2 Å². The van der Waals surface area contributed by atoms with Gasteiger partial charge in [-0.1, -0.05) is 72.8 Å². The molecule has 0 radical (unpaired) electrons. The van der Waals surface area contributed by atoms with E-state index in [1.165, 1.54) is 3.97 Å². The van der Waals surface area contributed by atoms with Gasteiger partial charge in [-0.2, -0.15) is 0 Å². The fraction of sp³-hybridized carbons (Fsp3) is 0.0435. The Morgan fingerprint density at radius 2 is 1.41 bits per heavy atom. The van der Waals surface area contributed by atoms with Crippen molar-refractivity contribution >= 4 is 26.5 Å². The van der Waals surface area contributed by atoms with Gasteiger partial charge < -0.3 is 0 Å². The molecule has 3 aromatic carbocycles. The van der Waals surface area contributed by atoms with Crippen LogP contribution in [0.4, 0.5) is 0 Å². The molecule has 0 amide bonds. The van der Waals surface area contributed by atoms with Crippen LogP contribution in [0.1, 0.15) is 18.2 Å². The molecule has 134 valence electrons. The van der Waals surface area contributed by atoms with Gasteiger partial charge in [0.25, 0.3) is 10.0 Å². The lowest BCUT2D eigenvalue weighted by atomic mass is 10.0. The Morgan fingerprint density at radius 1 is 0.815 bits per heavy atom. The van der Waals surface area contributed by atoms with Crippen molar-refractivity contribution in [3.63, 3.8) is 0 Å². The number of rotatable bonds is 4. The van der Waals surface area contributed by atoms with Gasteiger partial charge in [-0.05, 0) is 36.8 Å². The van der Waals surface area contributed by atoms with Gasteiger partial charge in [0.2, 0.25) is 0 Å². The predicted molar refractivity (Wildman–Crippen MR) is 110 cm³/mol. The summed E-state index contributed by atoms with van der Waals surface area (Å²) in [5, 5.41) is 0.891. The van der Waals surface area contributed by atoms with E-state index in [1.54, 1.807) is 24.3 Å². The normalized spacial score (nSPS) is 12.4. The summed E-state index contributed by atoms with van der Waals surface area (Å²) in [4.78, 5) is 0.274. The van der Waals surface area contributed by atoms with Crippen LogP contribution in [0.15, 0.2) is 102 Å². The van der Waals surface area contributed by atoms with Gasteiger partial charge in [0.15, 0.2) is 0 Å². The minimum Gasteiger partial charge on any atom is -0.233 e. The molecule has 1 heterocycles. The third-order valence-corrected chi connectivity index (χ3v) is 6.34. The van der Waals surface area contributed by atoms with Crippen LogP contribution in [0.2, 0.25) is 0 Å². The highest BCUT2D eigenvalue weighted by Crippen LogP contribution is 2.32. The Balaban J connectivity index is 2.05. The summed E-state index contributed by atoms with van der Waals surface area (Å²) >= 11 is 0. The fourth-order valence-corrected chi connectivity index (χ4v) is 4.90. The maximum Gasteiger partial charge on any atom is 0.268 e. The maximum atomic E-state index is 13.5. The standard InChI is InChI=1S/C23H19NO2S/c1-2-21(18-11-5-3-6-12-18)23-17-19-13-9-10-16-22(19)24(23)27(25,26)20-14-7-4-8-15-20/h2-17H,1H3/b21-2-. The average molecular weight is 373 g/mol. The number of aromatic nitrogens is 1. The molecule has 0 N–H and O–H groups in total. The molecule has 0 saturated heterocycles. The van der Waals surface area contributed by atoms with Crippen molar-refractivity contribution in [2.24, 2.45) is 0 Å². The highest BCUT2D eigenvalue weighted by atomic mass is 32.2. The van der Waals surface area contributed by atoms with Gasteiger partial charge in [0.1, 0.15) is 0 Å². The second-order valence-electron chi connectivity index (χ2n) is 6.24.